The van der Waals surface area contributed by atoms with E-state index in [2.05, 4.69) is 0 Å². The Morgan fingerprint density at radius 2 is 2.00 bits per heavy atom. The molecule has 1 heterocycles. The van der Waals surface area contributed by atoms with Crippen molar-refractivity contribution < 1.29 is 19.4 Å². The van der Waals surface area contributed by atoms with Gasteiger partial charge in [-0.15, -0.1) is 0 Å². The predicted octanol–water partition coefficient (Wildman–Crippen LogP) is 2.56. The highest BCUT2D eigenvalue weighted by molar-refractivity contribution is 5.68. The van der Waals surface area contributed by atoms with Crippen molar-refractivity contribution in [3.8, 4) is 0 Å². The van der Waals surface area contributed by atoms with E-state index < -0.39 is 11.7 Å². The zero-order chi connectivity index (χ0) is 15.6. The van der Waals surface area contributed by atoms with Crippen molar-refractivity contribution in [3.05, 3.63) is 0 Å². The summed E-state index contributed by atoms with van der Waals surface area (Å²) >= 11 is 0. The maximum Gasteiger partial charge on any atom is 0.410 e. The van der Waals surface area contributed by atoms with Gasteiger partial charge < -0.3 is 19.5 Å². The molecule has 1 saturated heterocycles. The lowest BCUT2D eigenvalue weighted by molar-refractivity contribution is -0.119. The molecule has 118 valence electrons. The second-order valence-corrected chi connectivity index (χ2v) is 6.75. The van der Waals surface area contributed by atoms with Crippen LogP contribution in [-0.4, -0.2) is 52.6 Å². The molecule has 0 saturated carbocycles. The molecule has 3 atom stereocenters. The number of carbonyl (C=O) groups is 1. The summed E-state index contributed by atoms with van der Waals surface area (Å²) in [5.74, 6) is 0. The smallest absolute Gasteiger partial charge is 0.410 e. The second-order valence-electron chi connectivity index (χ2n) is 6.75. The standard InChI is InChI=1S/C15H29NO4/c1-7-15(19-12(3)11(2)17)8-9-16(10-15)13(18)20-14(4,5)6/h11-12,17H,7-10H2,1-6H3. The minimum atomic E-state index is -0.519. The summed E-state index contributed by atoms with van der Waals surface area (Å²) in [6.07, 6.45) is 0.534. The van der Waals surface area contributed by atoms with Crippen molar-refractivity contribution >= 4 is 6.09 Å². The average molecular weight is 287 g/mol. The van der Waals surface area contributed by atoms with Gasteiger partial charge in [0.05, 0.1) is 24.4 Å². The van der Waals surface area contributed by atoms with Crippen molar-refractivity contribution in [2.24, 2.45) is 0 Å². The zero-order valence-electron chi connectivity index (χ0n) is 13.6. The monoisotopic (exact) mass is 287 g/mol. The first-order valence-electron chi connectivity index (χ1n) is 7.42. The highest BCUT2D eigenvalue weighted by Gasteiger charge is 2.42. The van der Waals surface area contributed by atoms with Gasteiger partial charge in [0.15, 0.2) is 0 Å². The van der Waals surface area contributed by atoms with E-state index in [9.17, 15) is 9.90 Å². The molecule has 1 amide bonds. The van der Waals surface area contributed by atoms with E-state index in [4.69, 9.17) is 9.47 Å². The van der Waals surface area contributed by atoms with Crippen LogP contribution in [0.5, 0.6) is 0 Å². The van der Waals surface area contributed by atoms with E-state index in [1.807, 2.05) is 34.6 Å². The Balaban J connectivity index is 2.65. The van der Waals surface area contributed by atoms with E-state index in [1.165, 1.54) is 0 Å². The Morgan fingerprint density at radius 1 is 1.40 bits per heavy atom. The first-order valence-corrected chi connectivity index (χ1v) is 7.42. The van der Waals surface area contributed by atoms with Gasteiger partial charge in [0.25, 0.3) is 0 Å². The van der Waals surface area contributed by atoms with Gasteiger partial charge in [-0.1, -0.05) is 6.92 Å². The number of hydrogen-bond acceptors (Lipinski definition) is 4. The molecule has 1 rings (SSSR count). The molecular weight excluding hydrogens is 258 g/mol. The third-order valence-corrected chi connectivity index (χ3v) is 3.73. The fourth-order valence-electron chi connectivity index (χ4n) is 2.29. The largest absolute Gasteiger partial charge is 0.444 e. The molecule has 1 N–H and O–H groups in total. The molecule has 0 spiro atoms. The number of carbonyl (C=O) groups excluding carboxylic acids is 1. The van der Waals surface area contributed by atoms with Crippen molar-refractivity contribution in [2.75, 3.05) is 13.1 Å². The van der Waals surface area contributed by atoms with E-state index in [1.54, 1.807) is 11.8 Å². The number of likely N-dealkylation sites (tertiary alicyclic amines) is 1. The first kappa shape index (κ1) is 17.2. The SMILES string of the molecule is CCC1(OC(C)C(C)O)CCN(C(=O)OC(C)(C)C)C1. The van der Waals surface area contributed by atoms with Gasteiger partial charge in [-0.3, -0.25) is 0 Å². The van der Waals surface area contributed by atoms with Gasteiger partial charge in [0.2, 0.25) is 0 Å². The molecule has 0 aromatic rings. The zero-order valence-corrected chi connectivity index (χ0v) is 13.6. The molecule has 0 aliphatic carbocycles. The Hall–Kier alpha value is -0.810. The maximum absolute atomic E-state index is 12.1. The number of nitrogens with zero attached hydrogens (tertiary/aromatic N) is 1. The van der Waals surface area contributed by atoms with Crippen LogP contribution in [-0.2, 0) is 9.47 Å². The minimum Gasteiger partial charge on any atom is -0.444 e. The van der Waals surface area contributed by atoms with Crippen LogP contribution >= 0.6 is 0 Å². The van der Waals surface area contributed by atoms with Crippen molar-refractivity contribution in [1.82, 2.24) is 4.90 Å². The summed E-state index contributed by atoms with van der Waals surface area (Å²) in [5.41, 5.74) is -0.852. The van der Waals surface area contributed by atoms with Crippen LogP contribution in [0.25, 0.3) is 0 Å². The molecule has 0 aromatic heterocycles. The highest BCUT2D eigenvalue weighted by atomic mass is 16.6. The van der Waals surface area contributed by atoms with Gasteiger partial charge >= 0.3 is 6.09 Å². The van der Waals surface area contributed by atoms with Crippen LogP contribution in [0.3, 0.4) is 0 Å². The third-order valence-electron chi connectivity index (χ3n) is 3.73. The van der Waals surface area contributed by atoms with Gasteiger partial charge in [-0.2, -0.15) is 0 Å². The van der Waals surface area contributed by atoms with Crippen molar-refractivity contribution in [2.45, 2.75) is 77.8 Å². The third kappa shape index (κ3) is 4.63. The van der Waals surface area contributed by atoms with Gasteiger partial charge in [-0.25, -0.2) is 4.79 Å². The van der Waals surface area contributed by atoms with Crippen LogP contribution in [0.2, 0.25) is 0 Å². The summed E-state index contributed by atoms with van der Waals surface area (Å²) in [6.45, 7) is 12.4. The molecule has 1 aliphatic rings. The summed E-state index contributed by atoms with van der Waals surface area (Å²) in [5, 5.41) is 9.59. The van der Waals surface area contributed by atoms with E-state index in [-0.39, 0.29) is 17.8 Å². The van der Waals surface area contributed by atoms with Crippen LogP contribution in [0.4, 0.5) is 4.79 Å². The maximum atomic E-state index is 12.1. The normalized spacial score (nSPS) is 26.4. The van der Waals surface area contributed by atoms with Crippen LogP contribution in [0, 0.1) is 0 Å². The Bertz CT molecular complexity index is 337. The number of aliphatic hydroxyl groups excluding tert-OH is 1. The Labute approximate surface area is 122 Å². The number of ether oxygens (including phenoxy) is 2. The first-order chi connectivity index (χ1) is 9.08. The minimum absolute atomic E-state index is 0.242. The topological polar surface area (TPSA) is 59.0 Å². The highest BCUT2D eigenvalue weighted by Crippen LogP contribution is 2.31. The number of rotatable bonds is 4. The number of hydrogen-bond donors (Lipinski definition) is 1. The van der Waals surface area contributed by atoms with Crippen molar-refractivity contribution in [3.63, 3.8) is 0 Å². The molecular formula is C15H29NO4. The lowest BCUT2D eigenvalue weighted by Gasteiger charge is -2.33. The fourth-order valence-corrected chi connectivity index (χ4v) is 2.29. The second kappa shape index (κ2) is 6.31. The molecule has 1 aliphatic heterocycles. The van der Waals surface area contributed by atoms with Crippen molar-refractivity contribution in [1.29, 1.82) is 0 Å². The van der Waals surface area contributed by atoms with E-state index in [0.29, 0.717) is 13.1 Å². The average Bonchev–Trinajstić information content (AvgIpc) is 2.71. The summed E-state index contributed by atoms with van der Waals surface area (Å²) in [7, 11) is 0. The van der Waals surface area contributed by atoms with Crippen LogP contribution < -0.4 is 0 Å². The molecule has 20 heavy (non-hydrogen) atoms. The molecule has 5 heteroatoms. The van der Waals surface area contributed by atoms with Crippen LogP contribution in [0.1, 0.15) is 54.4 Å². The quantitative estimate of drug-likeness (QED) is 0.863. The Kier molecular flexibility index (Phi) is 5.44. The molecule has 0 bridgehead atoms. The lowest BCUT2D eigenvalue weighted by atomic mass is 9.99. The molecule has 0 radical (unpaired) electrons. The van der Waals surface area contributed by atoms with E-state index in [0.717, 1.165) is 12.8 Å². The molecule has 0 aromatic carbocycles. The van der Waals surface area contributed by atoms with Gasteiger partial charge in [-0.05, 0) is 47.5 Å². The number of amides is 1. The predicted molar refractivity (Wildman–Crippen MR) is 77.7 cm³/mol. The molecule has 3 unspecified atom stereocenters. The van der Waals surface area contributed by atoms with E-state index >= 15 is 0 Å². The lowest BCUT2D eigenvalue weighted by Crippen LogP contribution is -2.43. The van der Waals surface area contributed by atoms with Gasteiger partial charge in [0.1, 0.15) is 5.60 Å². The summed E-state index contributed by atoms with van der Waals surface area (Å²) in [6, 6.07) is 0. The number of aliphatic hydroxyl groups is 1. The Morgan fingerprint density at radius 3 is 2.45 bits per heavy atom. The molecule has 1 fully saturated rings. The summed E-state index contributed by atoms with van der Waals surface area (Å²) in [4.78, 5) is 13.8. The molecule has 5 nitrogen and oxygen atoms in total. The van der Waals surface area contributed by atoms with Gasteiger partial charge in [0, 0.05) is 6.54 Å². The summed E-state index contributed by atoms with van der Waals surface area (Å²) < 4.78 is 11.4. The fraction of sp³-hybridized carbons (Fsp3) is 0.933. The van der Waals surface area contributed by atoms with Crippen LogP contribution in [0.15, 0.2) is 0 Å².